The molecule has 1 saturated carbocycles. The molecule has 21 heavy (non-hydrogen) atoms. The molecule has 0 bridgehead atoms. The number of amides is 1. The fraction of sp³-hybridized carbons (Fsp3) is 0.500. The van der Waals surface area contributed by atoms with E-state index in [9.17, 15) is 18.0 Å². The maximum absolute atomic E-state index is 13.6. The minimum absolute atomic E-state index is 0.115. The molecule has 0 aromatic heterocycles. The van der Waals surface area contributed by atoms with Crippen LogP contribution in [0.15, 0.2) is 6.07 Å². The summed E-state index contributed by atoms with van der Waals surface area (Å²) < 4.78 is 39.8. The molecule has 0 saturated heterocycles. The van der Waals surface area contributed by atoms with Gasteiger partial charge in [0.25, 0.3) is 5.91 Å². The van der Waals surface area contributed by atoms with E-state index in [1.165, 1.54) is 0 Å². The number of phenols is 1. The van der Waals surface area contributed by atoms with E-state index in [1.54, 1.807) is 11.8 Å². The number of rotatable bonds is 4. The number of carbonyl (C=O) groups is 1. The Balaban J connectivity index is 2.08. The lowest BCUT2D eigenvalue weighted by atomic mass is 10.1. The Labute approximate surface area is 124 Å². The van der Waals surface area contributed by atoms with Crippen LogP contribution in [0.25, 0.3) is 0 Å². The zero-order valence-corrected chi connectivity index (χ0v) is 12.3. The molecular weight excluding hydrogens is 303 g/mol. The molecule has 2 unspecified atom stereocenters. The number of benzene rings is 1. The lowest BCUT2D eigenvalue weighted by Crippen LogP contribution is -2.33. The van der Waals surface area contributed by atoms with E-state index >= 15 is 0 Å². The van der Waals surface area contributed by atoms with Gasteiger partial charge in [-0.05, 0) is 31.1 Å². The number of nitrogens with one attached hydrogen (secondary N) is 1. The van der Waals surface area contributed by atoms with Crippen LogP contribution in [0.5, 0.6) is 5.75 Å². The van der Waals surface area contributed by atoms with Crippen molar-refractivity contribution in [1.29, 1.82) is 0 Å². The lowest BCUT2D eigenvalue weighted by Gasteiger charge is -2.14. The number of halogens is 3. The highest BCUT2D eigenvalue weighted by molar-refractivity contribution is 7.99. The Morgan fingerprint density at radius 2 is 2.10 bits per heavy atom. The highest BCUT2D eigenvalue weighted by Gasteiger charge is 2.28. The first-order valence-corrected chi connectivity index (χ1v) is 7.77. The number of thioether (sulfide) groups is 1. The monoisotopic (exact) mass is 319 g/mol. The molecule has 1 amide bonds. The smallest absolute Gasteiger partial charge is 0.254 e. The van der Waals surface area contributed by atoms with E-state index in [-0.39, 0.29) is 6.04 Å². The van der Waals surface area contributed by atoms with Gasteiger partial charge in [0.05, 0.1) is 5.56 Å². The Hall–Kier alpha value is -1.37. The van der Waals surface area contributed by atoms with Crippen molar-refractivity contribution in [2.45, 2.75) is 37.5 Å². The van der Waals surface area contributed by atoms with E-state index in [0.717, 1.165) is 25.0 Å². The molecule has 2 N–H and O–H groups in total. The van der Waals surface area contributed by atoms with Crippen molar-refractivity contribution in [2.24, 2.45) is 0 Å². The predicted molar refractivity (Wildman–Crippen MR) is 75.0 cm³/mol. The minimum Gasteiger partial charge on any atom is -0.503 e. The van der Waals surface area contributed by atoms with E-state index in [2.05, 4.69) is 12.2 Å². The van der Waals surface area contributed by atoms with Crippen molar-refractivity contribution in [1.82, 2.24) is 5.32 Å². The fourth-order valence-corrected chi connectivity index (χ4v) is 3.62. The van der Waals surface area contributed by atoms with E-state index in [0.29, 0.717) is 11.3 Å². The van der Waals surface area contributed by atoms with Gasteiger partial charge in [-0.3, -0.25) is 4.79 Å². The minimum atomic E-state index is -1.69. The Bertz CT molecular complexity index is 554. The van der Waals surface area contributed by atoms with Gasteiger partial charge in [-0.15, -0.1) is 0 Å². The number of phenolic OH excluding ortho intramolecular Hbond substituents is 1. The van der Waals surface area contributed by atoms with Crippen LogP contribution in [-0.2, 0) is 0 Å². The quantitative estimate of drug-likeness (QED) is 0.838. The maximum atomic E-state index is 13.6. The normalized spacial score (nSPS) is 21.5. The van der Waals surface area contributed by atoms with Crippen molar-refractivity contribution >= 4 is 17.7 Å². The molecule has 116 valence electrons. The summed E-state index contributed by atoms with van der Waals surface area (Å²) in [6.07, 6.45) is 2.48. The second-order valence-electron chi connectivity index (χ2n) is 4.94. The van der Waals surface area contributed by atoms with Gasteiger partial charge in [-0.1, -0.05) is 6.92 Å². The SMILES string of the molecule is CCSC1CCC(NC(=O)c2cc(F)c(F)c(O)c2F)C1. The highest BCUT2D eigenvalue weighted by Crippen LogP contribution is 2.30. The van der Waals surface area contributed by atoms with Crippen LogP contribution < -0.4 is 5.32 Å². The summed E-state index contributed by atoms with van der Waals surface area (Å²) in [5, 5.41) is 12.2. The number of hydrogen-bond acceptors (Lipinski definition) is 3. The third-order valence-electron chi connectivity index (χ3n) is 3.50. The van der Waals surface area contributed by atoms with Gasteiger partial charge in [0, 0.05) is 11.3 Å². The maximum Gasteiger partial charge on any atom is 0.254 e. The summed E-state index contributed by atoms with van der Waals surface area (Å²) in [6.45, 7) is 2.05. The van der Waals surface area contributed by atoms with Crippen LogP contribution in [-0.4, -0.2) is 28.1 Å². The van der Waals surface area contributed by atoms with Gasteiger partial charge in [-0.2, -0.15) is 16.2 Å². The van der Waals surface area contributed by atoms with E-state index in [1.807, 2.05) is 0 Å². The van der Waals surface area contributed by atoms with Crippen LogP contribution in [0.3, 0.4) is 0 Å². The molecular formula is C14H16F3NO2S. The largest absolute Gasteiger partial charge is 0.503 e. The zero-order valence-electron chi connectivity index (χ0n) is 11.5. The zero-order chi connectivity index (χ0) is 15.6. The molecule has 7 heteroatoms. The van der Waals surface area contributed by atoms with Gasteiger partial charge < -0.3 is 10.4 Å². The Morgan fingerprint density at radius 3 is 2.76 bits per heavy atom. The molecule has 0 aliphatic heterocycles. The first kappa shape index (κ1) is 16.0. The summed E-state index contributed by atoms with van der Waals surface area (Å²) >= 11 is 1.80. The van der Waals surface area contributed by atoms with Gasteiger partial charge in [-0.25, -0.2) is 8.78 Å². The van der Waals surface area contributed by atoms with Crippen LogP contribution in [0, 0.1) is 17.5 Å². The first-order chi connectivity index (χ1) is 9.93. The predicted octanol–water partition coefficient (Wildman–Crippen LogP) is 3.21. The fourth-order valence-electron chi connectivity index (χ4n) is 2.48. The summed E-state index contributed by atoms with van der Waals surface area (Å²) in [5.74, 6) is -5.91. The molecule has 2 atom stereocenters. The van der Waals surface area contributed by atoms with Crippen LogP contribution >= 0.6 is 11.8 Å². The summed E-state index contributed by atoms with van der Waals surface area (Å²) in [5.41, 5.74) is -0.682. The lowest BCUT2D eigenvalue weighted by molar-refractivity contribution is 0.0932. The Kier molecular flexibility index (Phi) is 5.03. The van der Waals surface area contributed by atoms with Gasteiger partial charge in [0.1, 0.15) is 0 Å². The highest BCUT2D eigenvalue weighted by atomic mass is 32.2. The third-order valence-corrected chi connectivity index (χ3v) is 4.73. The average Bonchev–Trinajstić information content (AvgIpc) is 2.88. The second kappa shape index (κ2) is 6.60. The van der Waals surface area contributed by atoms with Crippen molar-refractivity contribution in [3.8, 4) is 5.75 Å². The second-order valence-corrected chi connectivity index (χ2v) is 6.52. The first-order valence-electron chi connectivity index (χ1n) is 6.73. The van der Waals surface area contributed by atoms with Crippen molar-refractivity contribution in [3.63, 3.8) is 0 Å². The molecule has 0 heterocycles. The molecule has 1 aliphatic carbocycles. The molecule has 1 aliphatic rings. The van der Waals surface area contributed by atoms with E-state index < -0.39 is 34.7 Å². The Morgan fingerprint density at radius 1 is 1.38 bits per heavy atom. The molecule has 2 rings (SSSR count). The molecule has 1 fully saturated rings. The molecule has 0 spiro atoms. The van der Waals surface area contributed by atoms with Gasteiger partial charge in [0.2, 0.25) is 5.82 Å². The van der Waals surface area contributed by atoms with Crippen molar-refractivity contribution < 1.29 is 23.1 Å². The summed E-state index contributed by atoms with van der Waals surface area (Å²) in [4.78, 5) is 11.9. The third kappa shape index (κ3) is 3.45. The summed E-state index contributed by atoms with van der Waals surface area (Å²) in [7, 11) is 0. The molecule has 3 nitrogen and oxygen atoms in total. The van der Waals surface area contributed by atoms with E-state index in [4.69, 9.17) is 5.11 Å². The van der Waals surface area contributed by atoms with Crippen molar-refractivity contribution in [3.05, 3.63) is 29.1 Å². The number of hydrogen-bond donors (Lipinski definition) is 2. The molecule has 0 radical (unpaired) electrons. The average molecular weight is 319 g/mol. The topological polar surface area (TPSA) is 49.3 Å². The number of carbonyl (C=O) groups excluding carboxylic acids is 1. The molecule has 1 aromatic rings. The van der Waals surface area contributed by atoms with Crippen LogP contribution in [0.1, 0.15) is 36.5 Å². The van der Waals surface area contributed by atoms with Crippen molar-refractivity contribution in [2.75, 3.05) is 5.75 Å². The van der Waals surface area contributed by atoms with Gasteiger partial charge >= 0.3 is 0 Å². The molecule has 1 aromatic carbocycles. The summed E-state index contributed by atoms with van der Waals surface area (Å²) in [6, 6.07) is 0.351. The van der Waals surface area contributed by atoms with Crippen LogP contribution in [0.4, 0.5) is 13.2 Å². The van der Waals surface area contributed by atoms with Gasteiger partial charge in [0.15, 0.2) is 17.4 Å². The number of aromatic hydroxyl groups is 1. The standard InChI is InChI=1S/C14H16F3NO2S/c1-2-21-8-4-3-7(5-8)18-14(20)9-6-10(15)12(17)13(19)11(9)16/h6-8,19H,2-5H2,1H3,(H,18,20). The van der Waals surface area contributed by atoms with Crippen LogP contribution in [0.2, 0.25) is 0 Å².